The molecule has 1 N–H and O–H groups in total. The maximum Gasteiger partial charge on any atom is 0.236 e. The summed E-state index contributed by atoms with van der Waals surface area (Å²) >= 11 is 1.69. The molecule has 0 radical (unpaired) electrons. The molecule has 1 aliphatic heterocycles. The number of benzene rings is 1. The lowest BCUT2D eigenvalue weighted by atomic mass is 10.2. The van der Waals surface area contributed by atoms with Gasteiger partial charge in [-0.3, -0.25) is 9.69 Å². The van der Waals surface area contributed by atoms with Crippen molar-refractivity contribution < 1.29 is 13.2 Å². The molecule has 0 unspecified atom stereocenters. The Labute approximate surface area is 170 Å². The second kappa shape index (κ2) is 9.97. The van der Waals surface area contributed by atoms with Crippen LogP contribution < -0.4 is 5.32 Å². The van der Waals surface area contributed by atoms with Gasteiger partial charge in [-0.1, -0.05) is 36.4 Å². The molecule has 0 atom stereocenters. The lowest BCUT2D eigenvalue weighted by molar-refractivity contribution is -0.122. The predicted molar refractivity (Wildman–Crippen MR) is 113 cm³/mol. The molecule has 1 aliphatic rings. The number of nitrogens with one attached hydrogen (secondary N) is 1. The standard InChI is InChI=1S/C20H25N3O3S2/c24-20(21-10-8-19-7-4-15-27-19)17-22-11-13-23(14-12-22)28(25,26)16-9-18-5-2-1-3-6-18/h1-7,9,15-16H,8,10-14,17H2,(H,21,24)/b16-9+. The van der Waals surface area contributed by atoms with Crippen LogP contribution in [0.2, 0.25) is 0 Å². The topological polar surface area (TPSA) is 69.7 Å². The van der Waals surface area contributed by atoms with Gasteiger partial charge in [-0.15, -0.1) is 11.3 Å². The highest BCUT2D eigenvalue weighted by Crippen LogP contribution is 2.12. The average Bonchev–Trinajstić information content (AvgIpc) is 3.21. The van der Waals surface area contributed by atoms with E-state index in [-0.39, 0.29) is 5.91 Å². The highest BCUT2D eigenvalue weighted by atomic mass is 32.2. The van der Waals surface area contributed by atoms with Crippen molar-refractivity contribution in [2.75, 3.05) is 39.3 Å². The molecule has 150 valence electrons. The molecule has 1 amide bonds. The van der Waals surface area contributed by atoms with Crippen molar-refractivity contribution in [3.63, 3.8) is 0 Å². The van der Waals surface area contributed by atoms with Gasteiger partial charge in [0.2, 0.25) is 15.9 Å². The van der Waals surface area contributed by atoms with Crippen molar-refractivity contribution in [3.8, 4) is 0 Å². The zero-order chi connectivity index (χ0) is 19.8. The molecule has 6 nitrogen and oxygen atoms in total. The van der Waals surface area contributed by atoms with E-state index in [9.17, 15) is 13.2 Å². The Bertz CT molecular complexity index is 873. The predicted octanol–water partition coefficient (Wildman–Crippen LogP) is 2.03. The number of carbonyl (C=O) groups is 1. The minimum absolute atomic E-state index is 0.0168. The molecule has 1 saturated heterocycles. The Morgan fingerprint density at radius 1 is 1.07 bits per heavy atom. The van der Waals surface area contributed by atoms with E-state index in [0.717, 1.165) is 12.0 Å². The molecular formula is C20H25N3O3S2. The number of amides is 1. The first-order chi connectivity index (χ1) is 13.5. The third-order valence-corrected chi connectivity index (χ3v) is 7.07. The van der Waals surface area contributed by atoms with E-state index in [1.54, 1.807) is 17.4 Å². The lowest BCUT2D eigenvalue weighted by Crippen LogP contribution is -2.50. The fourth-order valence-electron chi connectivity index (χ4n) is 3.00. The van der Waals surface area contributed by atoms with Gasteiger partial charge in [0.1, 0.15) is 0 Å². The highest BCUT2D eigenvalue weighted by molar-refractivity contribution is 7.92. The summed E-state index contributed by atoms with van der Waals surface area (Å²) in [7, 11) is -3.45. The molecule has 28 heavy (non-hydrogen) atoms. The number of piperazine rings is 1. The van der Waals surface area contributed by atoms with E-state index < -0.39 is 10.0 Å². The Morgan fingerprint density at radius 2 is 1.82 bits per heavy atom. The summed E-state index contributed by atoms with van der Waals surface area (Å²) in [6.07, 6.45) is 2.45. The van der Waals surface area contributed by atoms with Crippen LogP contribution in [0.25, 0.3) is 6.08 Å². The van der Waals surface area contributed by atoms with Crippen LogP contribution in [0.3, 0.4) is 0 Å². The molecule has 2 aromatic rings. The lowest BCUT2D eigenvalue weighted by Gasteiger charge is -2.32. The normalized spacial score (nSPS) is 16.4. The van der Waals surface area contributed by atoms with Crippen LogP contribution in [0.5, 0.6) is 0 Å². The van der Waals surface area contributed by atoms with Gasteiger partial charge in [-0.25, -0.2) is 8.42 Å². The van der Waals surface area contributed by atoms with Crippen LogP contribution in [-0.2, 0) is 21.2 Å². The molecule has 0 spiro atoms. The van der Waals surface area contributed by atoms with Crippen LogP contribution in [0, 0.1) is 0 Å². The monoisotopic (exact) mass is 419 g/mol. The maximum atomic E-state index is 12.5. The van der Waals surface area contributed by atoms with E-state index in [1.807, 2.05) is 46.7 Å². The molecule has 8 heteroatoms. The SMILES string of the molecule is O=C(CN1CCN(S(=O)(=O)/C=C/c2ccccc2)CC1)NCCc1cccs1. The number of sulfonamides is 1. The highest BCUT2D eigenvalue weighted by Gasteiger charge is 2.25. The van der Waals surface area contributed by atoms with Crippen molar-refractivity contribution in [2.45, 2.75) is 6.42 Å². The van der Waals surface area contributed by atoms with Gasteiger partial charge in [-0.05, 0) is 29.5 Å². The Balaban J connectivity index is 1.41. The fraction of sp³-hybridized carbons (Fsp3) is 0.350. The first-order valence-corrected chi connectivity index (χ1v) is 11.7. The summed E-state index contributed by atoms with van der Waals surface area (Å²) < 4.78 is 26.4. The summed E-state index contributed by atoms with van der Waals surface area (Å²) in [6, 6.07) is 13.4. The zero-order valence-corrected chi connectivity index (χ0v) is 17.3. The minimum atomic E-state index is -3.45. The fourth-order valence-corrected chi connectivity index (χ4v) is 4.88. The van der Waals surface area contributed by atoms with Crippen molar-refractivity contribution in [1.82, 2.24) is 14.5 Å². The Kier molecular flexibility index (Phi) is 7.38. The van der Waals surface area contributed by atoms with Crippen molar-refractivity contribution in [2.24, 2.45) is 0 Å². The van der Waals surface area contributed by atoms with E-state index in [4.69, 9.17) is 0 Å². The van der Waals surface area contributed by atoms with E-state index in [0.29, 0.717) is 39.3 Å². The van der Waals surface area contributed by atoms with Crippen molar-refractivity contribution in [1.29, 1.82) is 0 Å². The number of carbonyl (C=O) groups excluding carboxylic acids is 1. The minimum Gasteiger partial charge on any atom is -0.355 e. The van der Waals surface area contributed by atoms with E-state index in [1.165, 1.54) is 14.6 Å². The molecule has 2 heterocycles. The quantitative estimate of drug-likeness (QED) is 0.711. The molecule has 3 rings (SSSR count). The van der Waals surface area contributed by atoms with Gasteiger partial charge in [0, 0.05) is 43.0 Å². The summed E-state index contributed by atoms with van der Waals surface area (Å²) in [6.45, 7) is 2.82. The van der Waals surface area contributed by atoms with Crippen LogP contribution in [-0.4, -0.2) is 62.8 Å². The average molecular weight is 420 g/mol. The molecule has 0 saturated carbocycles. The smallest absolute Gasteiger partial charge is 0.236 e. The summed E-state index contributed by atoms with van der Waals surface area (Å²) in [5.41, 5.74) is 0.851. The second-order valence-electron chi connectivity index (χ2n) is 6.61. The number of hydrogen-bond donors (Lipinski definition) is 1. The largest absolute Gasteiger partial charge is 0.355 e. The van der Waals surface area contributed by atoms with Gasteiger partial charge in [0.15, 0.2) is 0 Å². The van der Waals surface area contributed by atoms with E-state index >= 15 is 0 Å². The van der Waals surface area contributed by atoms with Crippen LogP contribution in [0.4, 0.5) is 0 Å². The number of rotatable bonds is 8. The van der Waals surface area contributed by atoms with Gasteiger partial charge in [0.25, 0.3) is 0 Å². The van der Waals surface area contributed by atoms with Gasteiger partial charge in [-0.2, -0.15) is 4.31 Å². The molecule has 0 bridgehead atoms. The van der Waals surface area contributed by atoms with Crippen LogP contribution in [0.1, 0.15) is 10.4 Å². The third-order valence-electron chi connectivity index (χ3n) is 4.56. The number of thiophene rings is 1. The van der Waals surface area contributed by atoms with Crippen LogP contribution >= 0.6 is 11.3 Å². The summed E-state index contributed by atoms with van der Waals surface area (Å²) in [5, 5.41) is 6.22. The first kappa shape index (κ1) is 20.7. The molecule has 1 aromatic heterocycles. The van der Waals surface area contributed by atoms with Gasteiger partial charge >= 0.3 is 0 Å². The summed E-state index contributed by atoms with van der Waals surface area (Å²) in [4.78, 5) is 15.3. The maximum absolute atomic E-state index is 12.5. The first-order valence-electron chi connectivity index (χ1n) is 9.28. The number of hydrogen-bond acceptors (Lipinski definition) is 5. The van der Waals surface area contributed by atoms with Crippen molar-refractivity contribution >= 4 is 33.3 Å². The summed E-state index contributed by atoms with van der Waals surface area (Å²) in [5.74, 6) is -0.0168. The molecule has 1 fully saturated rings. The van der Waals surface area contributed by atoms with Gasteiger partial charge in [0.05, 0.1) is 6.54 Å². The Hall–Kier alpha value is -2.00. The van der Waals surface area contributed by atoms with Crippen molar-refractivity contribution in [3.05, 3.63) is 63.7 Å². The molecular weight excluding hydrogens is 394 g/mol. The molecule has 0 aliphatic carbocycles. The third kappa shape index (κ3) is 6.27. The van der Waals surface area contributed by atoms with Crippen LogP contribution in [0.15, 0.2) is 53.3 Å². The Morgan fingerprint density at radius 3 is 2.50 bits per heavy atom. The number of nitrogens with zero attached hydrogens (tertiary/aromatic N) is 2. The zero-order valence-electron chi connectivity index (χ0n) is 15.7. The van der Waals surface area contributed by atoms with E-state index in [2.05, 4.69) is 11.4 Å². The second-order valence-corrected chi connectivity index (χ2v) is 9.46. The molecule has 1 aromatic carbocycles. The van der Waals surface area contributed by atoms with Gasteiger partial charge < -0.3 is 5.32 Å².